The molecule has 1 rings (SSSR count). The second-order valence-electron chi connectivity index (χ2n) is 5.00. The molecule has 1 unspecified atom stereocenters. The molecule has 0 fully saturated rings. The maximum Gasteiger partial charge on any atom is 0.0946 e. The summed E-state index contributed by atoms with van der Waals surface area (Å²) in [5, 5.41) is 4.82. The van der Waals surface area contributed by atoms with Gasteiger partial charge in [-0.05, 0) is 33.2 Å². The van der Waals surface area contributed by atoms with Crippen molar-refractivity contribution in [3.05, 3.63) is 15.6 Å². The van der Waals surface area contributed by atoms with Crippen LogP contribution in [0.1, 0.15) is 35.3 Å². The zero-order valence-corrected chi connectivity index (χ0v) is 14.0. The van der Waals surface area contributed by atoms with Crippen molar-refractivity contribution in [2.45, 2.75) is 46.1 Å². The van der Waals surface area contributed by atoms with Gasteiger partial charge in [0.15, 0.2) is 0 Å². The quantitative estimate of drug-likeness (QED) is 0.638. The minimum Gasteiger partial charge on any atom is -0.382 e. The van der Waals surface area contributed by atoms with E-state index in [1.807, 2.05) is 11.3 Å². The Balaban J connectivity index is 2.38. The van der Waals surface area contributed by atoms with Gasteiger partial charge in [-0.3, -0.25) is 0 Å². The molecule has 1 heterocycles. The predicted molar refractivity (Wildman–Crippen MR) is 84.7 cm³/mol. The van der Waals surface area contributed by atoms with Gasteiger partial charge in [-0.1, -0.05) is 6.92 Å². The molecule has 0 spiro atoms. The molecule has 0 aliphatic carbocycles. The van der Waals surface area contributed by atoms with E-state index >= 15 is 0 Å². The molecule has 116 valence electrons. The highest BCUT2D eigenvalue weighted by Crippen LogP contribution is 2.18. The van der Waals surface area contributed by atoms with Crippen molar-refractivity contribution in [2.75, 3.05) is 33.5 Å². The highest BCUT2D eigenvalue weighted by atomic mass is 32.1. The molecule has 0 saturated carbocycles. The van der Waals surface area contributed by atoms with Crippen LogP contribution in [-0.4, -0.2) is 44.5 Å². The van der Waals surface area contributed by atoms with E-state index in [0.29, 0.717) is 19.3 Å². The van der Waals surface area contributed by atoms with Gasteiger partial charge in [0.05, 0.1) is 23.9 Å². The lowest BCUT2D eigenvalue weighted by molar-refractivity contribution is 0.0658. The third-order valence-electron chi connectivity index (χ3n) is 3.22. The molecule has 0 bridgehead atoms. The van der Waals surface area contributed by atoms with Crippen molar-refractivity contribution in [1.29, 1.82) is 0 Å². The topological polar surface area (TPSA) is 43.4 Å². The lowest BCUT2D eigenvalue weighted by Gasteiger charge is -2.17. The van der Waals surface area contributed by atoms with Crippen LogP contribution in [0, 0.1) is 13.8 Å². The van der Waals surface area contributed by atoms with E-state index in [-0.39, 0.29) is 0 Å². The molecule has 0 aliphatic rings. The van der Waals surface area contributed by atoms with Crippen LogP contribution in [0.3, 0.4) is 0 Å². The Bertz CT molecular complexity index is 349. The molecule has 1 aromatic heterocycles. The van der Waals surface area contributed by atoms with E-state index in [2.05, 4.69) is 31.1 Å². The van der Waals surface area contributed by atoms with Gasteiger partial charge in [0, 0.05) is 31.1 Å². The summed E-state index contributed by atoms with van der Waals surface area (Å²) in [6, 6.07) is 0.447. The fourth-order valence-corrected chi connectivity index (χ4v) is 2.95. The van der Waals surface area contributed by atoms with E-state index in [1.54, 1.807) is 7.11 Å². The van der Waals surface area contributed by atoms with Gasteiger partial charge in [0.2, 0.25) is 0 Å². The van der Waals surface area contributed by atoms with Crippen LogP contribution in [0.25, 0.3) is 0 Å². The average Bonchev–Trinajstić information content (AvgIpc) is 2.74. The monoisotopic (exact) mass is 300 g/mol. The molecule has 0 amide bonds. The fourth-order valence-electron chi connectivity index (χ4n) is 1.93. The van der Waals surface area contributed by atoms with E-state index < -0.39 is 0 Å². The third kappa shape index (κ3) is 6.79. The summed E-state index contributed by atoms with van der Waals surface area (Å²) >= 11 is 1.81. The SMILES string of the molecule is CCCNC(CCOCCOC)Cc1nc(C)c(C)s1. The van der Waals surface area contributed by atoms with E-state index in [9.17, 15) is 0 Å². The van der Waals surface area contributed by atoms with Crippen molar-refractivity contribution < 1.29 is 9.47 Å². The Hall–Kier alpha value is -0.490. The van der Waals surface area contributed by atoms with Crippen molar-refractivity contribution in [2.24, 2.45) is 0 Å². The first-order valence-corrected chi connectivity index (χ1v) is 8.22. The zero-order chi connectivity index (χ0) is 14.8. The maximum atomic E-state index is 5.57. The fraction of sp³-hybridized carbons (Fsp3) is 0.800. The normalized spacial score (nSPS) is 12.8. The van der Waals surface area contributed by atoms with Crippen LogP contribution in [0.15, 0.2) is 0 Å². The summed E-state index contributed by atoms with van der Waals surface area (Å²) < 4.78 is 10.5. The van der Waals surface area contributed by atoms with Crippen molar-refractivity contribution >= 4 is 11.3 Å². The van der Waals surface area contributed by atoms with E-state index in [0.717, 1.165) is 38.1 Å². The van der Waals surface area contributed by atoms with Gasteiger partial charge in [-0.15, -0.1) is 11.3 Å². The second-order valence-corrected chi connectivity index (χ2v) is 6.29. The number of thiazole rings is 1. The standard InChI is InChI=1S/C15H28N2O2S/c1-5-7-16-14(6-8-19-10-9-18-4)11-15-17-12(2)13(3)20-15/h14,16H,5-11H2,1-4H3. The van der Waals surface area contributed by atoms with Gasteiger partial charge in [0.25, 0.3) is 0 Å². The highest BCUT2D eigenvalue weighted by Gasteiger charge is 2.12. The summed E-state index contributed by atoms with van der Waals surface area (Å²) in [5.74, 6) is 0. The number of hydrogen-bond acceptors (Lipinski definition) is 5. The first kappa shape index (κ1) is 17.6. The Labute approximate surface area is 126 Å². The van der Waals surface area contributed by atoms with Gasteiger partial charge in [-0.2, -0.15) is 0 Å². The molecule has 1 atom stereocenters. The predicted octanol–water partition coefficient (Wildman–Crippen LogP) is 2.72. The van der Waals surface area contributed by atoms with Gasteiger partial charge < -0.3 is 14.8 Å². The zero-order valence-electron chi connectivity index (χ0n) is 13.2. The molecular weight excluding hydrogens is 272 g/mol. The Morgan fingerprint density at radius 2 is 2.05 bits per heavy atom. The molecule has 0 aliphatic heterocycles. The first-order chi connectivity index (χ1) is 9.67. The van der Waals surface area contributed by atoms with Crippen LogP contribution in [0.5, 0.6) is 0 Å². The van der Waals surface area contributed by atoms with Crippen LogP contribution in [-0.2, 0) is 15.9 Å². The number of rotatable bonds is 11. The Morgan fingerprint density at radius 3 is 2.65 bits per heavy atom. The molecule has 0 radical (unpaired) electrons. The molecular formula is C15H28N2O2S. The smallest absolute Gasteiger partial charge is 0.0946 e. The van der Waals surface area contributed by atoms with Crippen LogP contribution >= 0.6 is 11.3 Å². The molecule has 0 saturated heterocycles. The number of methoxy groups -OCH3 is 1. The number of aryl methyl sites for hydroxylation is 2. The molecule has 5 heteroatoms. The third-order valence-corrected chi connectivity index (χ3v) is 4.31. The minimum absolute atomic E-state index is 0.447. The lowest BCUT2D eigenvalue weighted by atomic mass is 10.1. The number of ether oxygens (including phenoxy) is 2. The van der Waals surface area contributed by atoms with E-state index in [1.165, 1.54) is 9.88 Å². The summed E-state index contributed by atoms with van der Waals surface area (Å²) in [6.45, 7) is 9.57. The van der Waals surface area contributed by atoms with Crippen molar-refractivity contribution in [3.63, 3.8) is 0 Å². The molecule has 20 heavy (non-hydrogen) atoms. The summed E-state index contributed by atoms with van der Waals surface area (Å²) in [4.78, 5) is 5.96. The van der Waals surface area contributed by atoms with Gasteiger partial charge >= 0.3 is 0 Å². The summed E-state index contributed by atoms with van der Waals surface area (Å²) in [7, 11) is 1.70. The number of aromatic nitrogens is 1. The number of nitrogens with one attached hydrogen (secondary N) is 1. The van der Waals surface area contributed by atoms with Crippen LogP contribution < -0.4 is 5.32 Å². The molecule has 0 aromatic carbocycles. The van der Waals surface area contributed by atoms with E-state index in [4.69, 9.17) is 9.47 Å². The van der Waals surface area contributed by atoms with Crippen molar-refractivity contribution in [1.82, 2.24) is 10.3 Å². The first-order valence-electron chi connectivity index (χ1n) is 7.40. The molecule has 4 nitrogen and oxygen atoms in total. The number of hydrogen-bond donors (Lipinski definition) is 1. The largest absolute Gasteiger partial charge is 0.382 e. The lowest BCUT2D eigenvalue weighted by Crippen LogP contribution is -2.33. The number of nitrogens with zero attached hydrogens (tertiary/aromatic N) is 1. The van der Waals surface area contributed by atoms with Gasteiger partial charge in [-0.25, -0.2) is 4.98 Å². The Kier molecular flexibility index (Phi) is 9.02. The van der Waals surface area contributed by atoms with Crippen LogP contribution in [0.2, 0.25) is 0 Å². The van der Waals surface area contributed by atoms with Crippen molar-refractivity contribution in [3.8, 4) is 0 Å². The maximum absolute atomic E-state index is 5.57. The molecule has 1 aromatic rings. The summed E-state index contributed by atoms with van der Waals surface area (Å²) in [6.07, 6.45) is 3.16. The minimum atomic E-state index is 0.447. The highest BCUT2D eigenvalue weighted by molar-refractivity contribution is 7.11. The average molecular weight is 300 g/mol. The van der Waals surface area contributed by atoms with Crippen LogP contribution in [0.4, 0.5) is 0 Å². The molecule has 1 N–H and O–H groups in total. The summed E-state index contributed by atoms with van der Waals surface area (Å²) in [5.41, 5.74) is 1.16. The Morgan fingerprint density at radius 1 is 1.25 bits per heavy atom. The second kappa shape index (κ2) is 10.3. The van der Waals surface area contributed by atoms with Gasteiger partial charge in [0.1, 0.15) is 0 Å².